The van der Waals surface area contributed by atoms with Crippen LogP contribution >= 0.6 is 0 Å². The lowest BCUT2D eigenvalue weighted by atomic mass is 9.80. The molecule has 2 aromatic heterocycles. The molecule has 2 aliphatic carbocycles. The number of aliphatic hydroxyl groups excluding tert-OH is 1. The highest BCUT2D eigenvalue weighted by atomic mass is 16.3. The van der Waals surface area contributed by atoms with Gasteiger partial charge in [0.05, 0.1) is 17.5 Å². The largest absolute Gasteiger partial charge is 0.392 e. The second-order valence-electron chi connectivity index (χ2n) is 17.2. The zero-order valence-corrected chi connectivity index (χ0v) is 32.9. The van der Waals surface area contributed by atoms with Crippen molar-refractivity contribution >= 4 is 23.2 Å². The van der Waals surface area contributed by atoms with E-state index in [1.807, 2.05) is 67.4 Å². The Balaban J connectivity index is 0.948. The third-order valence-corrected chi connectivity index (χ3v) is 13.3. The van der Waals surface area contributed by atoms with E-state index in [4.69, 9.17) is 9.97 Å². The fourth-order valence-electron chi connectivity index (χ4n) is 10.1. The average molecular weight is 733 g/mol. The first-order valence-corrected chi connectivity index (χ1v) is 19.9. The number of hydrogen-bond donors (Lipinski definition) is 3. The van der Waals surface area contributed by atoms with E-state index in [-0.39, 0.29) is 11.8 Å². The van der Waals surface area contributed by atoms with Gasteiger partial charge in [-0.3, -0.25) is 19.4 Å². The Hall–Kier alpha value is -4.32. The topological polar surface area (TPSA) is 121 Å². The van der Waals surface area contributed by atoms with Crippen LogP contribution in [0.15, 0.2) is 36.4 Å². The number of nitrogens with zero attached hydrogens (tertiary/aromatic N) is 6. The SMILES string of the molecule is Cc1c(NC(=O)c2nc3c(n2C)CCN(CCC24CCC(C)(CC2)C4)C3)cccc1-c1cccc(NC(=O)c2nc3c(n2C)CCN(CC(C)O)C3)c1C. The molecule has 3 N–H and O–H groups in total. The molecule has 4 heterocycles. The number of rotatable bonds is 10. The van der Waals surface area contributed by atoms with E-state index < -0.39 is 6.10 Å². The van der Waals surface area contributed by atoms with Gasteiger partial charge in [-0.2, -0.15) is 0 Å². The van der Waals surface area contributed by atoms with Crippen molar-refractivity contribution in [2.45, 2.75) is 98.3 Å². The number of aliphatic hydroxyl groups is 1. The maximum Gasteiger partial charge on any atom is 0.291 e. The second kappa shape index (κ2) is 14.1. The zero-order valence-electron chi connectivity index (χ0n) is 32.9. The summed E-state index contributed by atoms with van der Waals surface area (Å²) in [5, 5.41) is 16.2. The maximum atomic E-state index is 13.8. The van der Waals surface area contributed by atoms with Gasteiger partial charge in [0.2, 0.25) is 0 Å². The normalized spacial score (nSPS) is 22.9. The predicted octanol–water partition coefficient (Wildman–Crippen LogP) is 6.40. The molecule has 11 heteroatoms. The summed E-state index contributed by atoms with van der Waals surface area (Å²) in [5.41, 5.74) is 10.5. The van der Waals surface area contributed by atoms with Crippen LogP contribution in [0, 0.1) is 24.7 Å². The summed E-state index contributed by atoms with van der Waals surface area (Å²) in [7, 11) is 3.86. The molecule has 4 aromatic rings. The lowest BCUT2D eigenvalue weighted by molar-refractivity contribution is 0.100. The van der Waals surface area contributed by atoms with Gasteiger partial charge in [0.1, 0.15) is 0 Å². The Morgan fingerprint density at radius 1 is 0.796 bits per heavy atom. The quantitative estimate of drug-likeness (QED) is 0.173. The summed E-state index contributed by atoms with van der Waals surface area (Å²) >= 11 is 0. The van der Waals surface area contributed by atoms with E-state index in [2.05, 4.69) is 33.4 Å². The summed E-state index contributed by atoms with van der Waals surface area (Å²) in [6.07, 6.45) is 9.50. The Bertz CT molecular complexity index is 2100. The van der Waals surface area contributed by atoms with Crippen LogP contribution in [0.3, 0.4) is 0 Å². The lowest BCUT2D eigenvalue weighted by Crippen LogP contribution is -2.36. The highest BCUT2D eigenvalue weighted by molar-refractivity contribution is 6.04. The molecule has 11 nitrogen and oxygen atoms in total. The van der Waals surface area contributed by atoms with Crippen molar-refractivity contribution < 1.29 is 14.7 Å². The summed E-state index contributed by atoms with van der Waals surface area (Å²) in [4.78, 5) is 41.8. The molecule has 2 saturated carbocycles. The molecule has 2 bridgehead atoms. The van der Waals surface area contributed by atoms with Crippen molar-refractivity contribution in [3.63, 3.8) is 0 Å². The number of amides is 2. The predicted molar refractivity (Wildman–Crippen MR) is 212 cm³/mol. The van der Waals surface area contributed by atoms with Gasteiger partial charge in [-0.15, -0.1) is 0 Å². The minimum Gasteiger partial charge on any atom is -0.392 e. The van der Waals surface area contributed by atoms with E-state index in [1.165, 1.54) is 38.5 Å². The van der Waals surface area contributed by atoms with Gasteiger partial charge in [0, 0.05) is 82.4 Å². The third-order valence-electron chi connectivity index (χ3n) is 13.3. The number of hydrogen-bond acceptors (Lipinski definition) is 7. The molecule has 8 rings (SSSR count). The molecule has 2 aromatic carbocycles. The maximum absolute atomic E-state index is 13.8. The van der Waals surface area contributed by atoms with Crippen molar-refractivity contribution in [1.82, 2.24) is 28.9 Å². The number of fused-ring (bicyclic) bond motifs is 4. The van der Waals surface area contributed by atoms with Crippen LogP contribution in [-0.2, 0) is 40.0 Å². The van der Waals surface area contributed by atoms with Crippen LogP contribution in [0.25, 0.3) is 11.1 Å². The van der Waals surface area contributed by atoms with Crippen molar-refractivity contribution in [2.75, 3.05) is 36.8 Å². The molecular formula is C43H56N8O3. The minimum atomic E-state index is -0.416. The van der Waals surface area contributed by atoms with Crippen LogP contribution in [0.2, 0.25) is 0 Å². The zero-order chi connectivity index (χ0) is 37.9. The number of carbonyl (C=O) groups is 2. The molecule has 2 aliphatic heterocycles. The van der Waals surface area contributed by atoms with Gasteiger partial charge >= 0.3 is 0 Å². The van der Waals surface area contributed by atoms with Crippen LogP contribution in [0.1, 0.15) is 108 Å². The number of carbonyl (C=O) groups excluding carboxylic acids is 2. The van der Waals surface area contributed by atoms with Crippen molar-refractivity contribution in [1.29, 1.82) is 0 Å². The van der Waals surface area contributed by atoms with E-state index in [0.717, 1.165) is 89.7 Å². The average Bonchev–Trinajstić information content (AvgIpc) is 3.87. The van der Waals surface area contributed by atoms with Crippen molar-refractivity contribution in [3.05, 3.63) is 81.9 Å². The lowest BCUT2D eigenvalue weighted by Gasteiger charge is -2.32. The highest BCUT2D eigenvalue weighted by Gasteiger charge is 2.51. The Kier molecular flexibility index (Phi) is 9.55. The number of β-amino-alcohol motifs (C(OH)–C–C–N with tert-alkyl or cyclic N) is 1. The molecule has 1 atom stereocenters. The van der Waals surface area contributed by atoms with Crippen LogP contribution in [0.4, 0.5) is 11.4 Å². The molecule has 4 aliphatic rings. The molecule has 1 unspecified atom stereocenters. The van der Waals surface area contributed by atoms with Gasteiger partial charge in [-0.25, -0.2) is 9.97 Å². The summed E-state index contributed by atoms with van der Waals surface area (Å²) in [6.45, 7) is 13.2. The Morgan fingerprint density at radius 3 is 1.78 bits per heavy atom. The van der Waals surface area contributed by atoms with E-state index >= 15 is 0 Å². The Morgan fingerprint density at radius 2 is 1.30 bits per heavy atom. The van der Waals surface area contributed by atoms with E-state index in [0.29, 0.717) is 41.3 Å². The first kappa shape index (κ1) is 36.6. The van der Waals surface area contributed by atoms with Gasteiger partial charge in [0.15, 0.2) is 11.6 Å². The summed E-state index contributed by atoms with van der Waals surface area (Å²) in [5.74, 6) is 0.347. The van der Waals surface area contributed by atoms with Gasteiger partial charge in [0.25, 0.3) is 11.8 Å². The molecule has 0 radical (unpaired) electrons. The molecule has 286 valence electrons. The number of imidazole rings is 2. The minimum absolute atomic E-state index is 0.210. The highest BCUT2D eigenvalue weighted by Crippen LogP contribution is 2.62. The number of benzene rings is 2. The summed E-state index contributed by atoms with van der Waals surface area (Å²) in [6, 6.07) is 11.8. The fourth-order valence-corrected chi connectivity index (χ4v) is 10.1. The van der Waals surface area contributed by atoms with Crippen molar-refractivity contribution in [2.24, 2.45) is 24.9 Å². The van der Waals surface area contributed by atoms with Crippen LogP contribution in [0.5, 0.6) is 0 Å². The van der Waals surface area contributed by atoms with Gasteiger partial charge in [-0.05, 0) is 111 Å². The third kappa shape index (κ3) is 6.79. The monoisotopic (exact) mass is 732 g/mol. The first-order valence-electron chi connectivity index (χ1n) is 19.9. The summed E-state index contributed by atoms with van der Waals surface area (Å²) < 4.78 is 3.88. The van der Waals surface area contributed by atoms with Gasteiger partial charge in [-0.1, -0.05) is 31.2 Å². The molecule has 54 heavy (non-hydrogen) atoms. The second-order valence-corrected chi connectivity index (χ2v) is 17.2. The van der Waals surface area contributed by atoms with E-state index in [1.54, 1.807) is 6.92 Å². The van der Waals surface area contributed by atoms with Gasteiger partial charge < -0.3 is 24.9 Å². The molecular weight excluding hydrogens is 677 g/mol. The number of anilines is 2. The molecule has 0 spiro atoms. The van der Waals surface area contributed by atoms with Crippen molar-refractivity contribution in [3.8, 4) is 11.1 Å². The number of nitrogens with one attached hydrogen (secondary N) is 2. The molecule has 2 fully saturated rings. The molecule has 0 saturated heterocycles. The van der Waals surface area contributed by atoms with Crippen LogP contribution < -0.4 is 10.6 Å². The molecule has 2 amide bonds. The Labute approximate surface area is 319 Å². The van der Waals surface area contributed by atoms with Crippen LogP contribution in [-0.4, -0.2) is 78.1 Å². The number of aromatic nitrogens is 4. The smallest absolute Gasteiger partial charge is 0.291 e. The first-order chi connectivity index (χ1) is 25.8. The fraction of sp³-hybridized carbons (Fsp3) is 0.535. The standard InChI is InChI=1S/C43H56N8O3/c1-27(52)23-51-21-14-37-35(25-51)45-39(49(37)6)41(54)47-33-12-8-10-31(29(33)3)30-9-7-11-32(28(30)2)46-40(53)38-44-34-24-50(20-13-36(34)48(38)5)22-19-43-17-15-42(4,26-43)16-18-43/h7-12,27,52H,13-26H2,1-6H3,(H,46,53)(H,47,54). The van der Waals surface area contributed by atoms with E-state index in [9.17, 15) is 14.7 Å².